The third-order valence-corrected chi connectivity index (χ3v) is 3.80. The summed E-state index contributed by atoms with van der Waals surface area (Å²) in [7, 11) is 2.70. The van der Waals surface area contributed by atoms with Gasteiger partial charge < -0.3 is 19.4 Å². The Morgan fingerprint density at radius 2 is 1.56 bits per heavy atom. The number of hydrogen-bond donors (Lipinski definition) is 2. The van der Waals surface area contributed by atoms with E-state index in [1.165, 1.54) is 20.5 Å². The van der Waals surface area contributed by atoms with Crippen molar-refractivity contribution in [2.75, 3.05) is 14.2 Å². The molecule has 0 aliphatic carbocycles. The Hall–Kier alpha value is -1.77. The lowest BCUT2D eigenvalue weighted by Crippen LogP contribution is -2.02. The van der Waals surface area contributed by atoms with E-state index < -0.39 is 0 Å². The van der Waals surface area contributed by atoms with E-state index in [4.69, 9.17) is 34.8 Å². The Kier molecular flexibility index (Phi) is 9.33. The smallest absolute Gasteiger partial charge is 0.305 e. The Morgan fingerprint density at radius 1 is 1.00 bits per heavy atom. The van der Waals surface area contributed by atoms with E-state index in [1.807, 2.05) is 0 Å². The number of aromatic nitrogens is 4. The maximum atomic E-state index is 10.8. The van der Waals surface area contributed by atoms with E-state index in [-0.39, 0.29) is 23.6 Å². The van der Waals surface area contributed by atoms with Crippen molar-refractivity contribution in [3.05, 3.63) is 33.3 Å². The number of hydrogen-bond acceptors (Lipinski definition) is 6. The monoisotopic (exact) mass is 410 g/mol. The summed E-state index contributed by atoms with van der Waals surface area (Å²) in [5.41, 5.74) is 1.42. The fourth-order valence-electron chi connectivity index (χ4n) is 1.66. The van der Waals surface area contributed by atoms with Crippen molar-refractivity contribution in [2.24, 2.45) is 0 Å². The number of aryl methyl sites for hydroxylation is 2. The highest BCUT2D eigenvalue weighted by Crippen LogP contribution is 2.17. The third-order valence-electron chi connectivity index (χ3n) is 2.98. The first-order chi connectivity index (χ1) is 11.9. The highest BCUT2D eigenvalue weighted by atomic mass is 35.5. The van der Waals surface area contributed by atoms with Crippen LogP contribution < -0.4 is 0 Å². The van der Waals surface area contributed by atoms with Crippen LogP contribution >= 0.6 is 34.8 Å². The molecule has 0 atom stereocenters. The molecule has 25 heavy (non-hydrogen) atoms. The number of rotatable bonds is 6. The Morgan fingerprint density at radius 3 is 1.96 bits per heavy atom. The molecule has 0 radical (unpaired) electrons. The number of ether oxygens (including phenoxy) is 2. The first kappa shape index (κ1) is 21.3. The van der Waals surface area contributed by atoms with Crippen LogP contribution in [-0.4, -0.2) is 46.1 Å². The first-order valence-electron chi connectivity index (χ1n) is 7.08. The number of nitrogens with one attached hydrogen (secondary N) is 2. The van der Waals surface area contributed by atoms with Crippen LogP contribution in [0.1, 0.15) is 24.2 Å². The summed E-state index contributed by atoms with van der Waals surface area (Å²) in [5.74, 6) is -0.539. The van der Waals surface area contributed by atoms with E-state index in [0.717, 1.165) is 5.69 Å². The molecule has 0 saturated carbocycles. The lowest BCUT2D eigenvalue weighted by molar-refractivity contribution is -0.141. The van der Waals surface area contributed by atoms with E-state index in [9.17, 15) is 9.59 Å². The molecule has 0 amide bonds. The summed E-state index contributed by atoms with van der Waals surface area (Å²) in [6, 6.07) is 0. The first-order valence-corrected chi connectivity index (χ1v) is 8.22. The number of carbonyl (C=O) groups is 2. The molecule has 8 nitrogen and oxygen atoms in total. The van der Waals surface area contributed by atoms with Gasteiger partial charge in [-0.25, -0.2) is 9.97 Å². The molecule has 0 fully saturated rings. The summed E-state index contributed by atoms with van der Waals surface area (Å²) in [6.45, 7) is 0. The van der Waals surface area contributed by atoms with Crippen LogP contribution in [-0.2, 0) is 31.9 Å². The molecule has 0 aliphatic rings. The van der Waals surface area contributed by atoms with Crippen LogP contribution in [0.25, 0.3) is 0 Å². The van der Waals surface area contributed by atoms with Crippen LogP contribution in [0, 0.1) is 0 Å². The lowest BCUT2D eigenvalue weighted by Gasteiger charge is -1.96. The number of carbonyl (C=O) groups excluding carboxylic acids is 2. The Labute approximate surface area is 159 Å². The number of H-pyrrole nitrogens is 2. The number of imidazole rings is 2. The molecular weight excluding hydrogens is 395 g/mol. The minimum absolute atomic E-state index is 0.227. The van der Waals surface area contributed by atoms with Gasteiger partial charge in [-0.05, 0) is 11.6 Å². The van der Waals surface area contributed by atoms with Crippen molar-refractivity contribution in [2.45, 2.75) is 25.7 Å². The predicted molar refractivity (Wildman–Crippen MR) is 92.9 cm³/mol. The minimum atomic E-state index is -0.290. The van der Waals surface area contributed by atoms with E-state index in [1.54, 1.807) is 0 Å². The molecule has 138 valence electrons. The van der Waals surface area contributed by atoms with Gasteiger partial charge >= 0.3 is 11.9 Å². The van der Waals surface area contributed by atoms with E-state index >= 15 is 0 Å². The average Bonchev–Trinajstić information content (AvgIpc) is 3.15. The second-order valence-electron chi connectivity index (χ2n) is 4.62. The number of halogens is 3. The zero-order chi connectivity index (χ0) is 18.8. The van der Waals surface area contributed by atoms with Crippen molar-refractivity contribution >= 4 is 46.7 Å². The van der Waals surface area contributed by atoms with Gasteiger partial charge in [0.25, 0.3) is 0 Å². The van der Waals surface area contributed by atoms with Crippen LogP contribution in [0.2, 0.25) is 15.6 Å². The second-order valence-corrected chi connectivity index (χ2v) is 5.70. The molecule has 2 aromatic heterocycles. The zero-order valence-corrected chi connectivity index (χ0v) is 15.8. The molecule has 0 aliphatic heterocycles. The molecule has 0 saturated heterocycles. The summed E-state index contributed by atoms with van der Waals surface area (Å²) in [5, 5.41) is 0.942. The van der Waals surface area contributed by atoms with Gasteiger partial charge in [0.1, 0.15) is 5.15 Å². The SMILES string of the molecule is COC(=O)CCc1[nH]c(Cl)nc1Cl.COC(=O)CCc1[nH]cnc1Cl. The normalized spacial score (nSPS) is 9.96. The van der Waals surface area contributed by atoms with Crippen LogP contribution in [0.3, 0.4) is 0 Å². The maximum Gasteiger partial charge on any atom is 0.305 e. The topological polar surface area (TPSA) is 110 Å². The molecule has 0 aromatic carbocycles. The van der Waals surface area contributed by atoms with Crippen LogP contribution in [0.4, 0.5) is 0 Å². The molecule has 2 aromatic rings. The second kappa shape index (κ2) is 11.0. The van der Waals surface area contributed by atoms with Crippen molar-refractivity contribution < 1.29 is 19.1 Å². The number of aromatic amines is 2. The molecule has 0 bridgehead atoms. The molecule has 2 N–H and O–H groups in total. The fourth-order valence-corrected chi connectivity index (χ4v) is 2.33. The van der Waals surface area contributed by atoms with E-state index in [2.05, 4.69) is 29.4 Å². The van der Waals surface area contributed by atoms with Gasteiger partial charge in [-0.1, -0.05) is 23.2 Å². The van der Waals surface area contributed by atoms with Gasteiger partial charge in [0.05, 0.1) is 44.8 Å². The third kappa shape index (κ3) is 7.76. The molecular formula is C14H17Cl3N4O4. The van der Waals surface area contributed by atoms with Crippen molar-refractivity contribution in [1.29, 1.82) is 0 Å². The lowest BCUT2D eigenvalue weighted by atomic mass is 10.2. The summed E-state index contributed by atoms with van der Waals surface area (Å²) in [4.78, 5) is 34.6. The largest absolute Gasteiger partial charge is 0.469 e. The summed E-state index contributed by atoms with van der Waals surface area (Å²) < 4.78 is 8.94. The highest BCUT2D eigenvalue weighted by molar-refractivity contribution is 6.32. The van der Waals surface area contributed by atoms with Crippen molar-refractivity contribution in [3.63, 3.8) is 0 Å². The molecule has 0 spiro atoms. The van der Waals surface area contributed by atoms with Gasteiger partial charge in [-0.2, -0.15) is 0 Å². The molecule has 2 heterocycles. The van der Waals surface area contributed by atoms with Crippen molar-refractivity contribution in [1.82, 2.24) is 19.9 Å². The molecule has 0 unspecified atom stereocenters. The van der Waals surface area contributed by atoms with Crippen LogP contribution in [0.5, 0.6) is 0 Å². The zero-order valence-electron chi connectivity index (χ0n) is 13.6. The van der Waals surface area contributed by atoms with Gasteiger partial charge in [-0.15, -0.1) is 0 Å². The van der Waals surface area contributed by atoms with Gasteiger partial charge in [0.2, 0.25) is 5.28 Å². The van der Waals surface area contributed by atoms with Crippen molar-refractivity contribution in [3.8, 4) is 0 Å². The van der Waals surface area contributed by atoms with Gasteiger partial charge in [0, 0.05) is 12.8 Å². The maximum absolute atomic E-state index is 10.8. The molecule has 11 heteroatoms. The number of esters is 2. The Balaban J connectivity index is 0.000000251. The van der Waals surface area contributed by atoms with E-state index in [0.29, 0.717) is 35.3 Å². The average molecular weight is 412 g/mol. The summed E-state index contributed by atoms with van der Waals surface area (Å²) >= 11 is 16.9. The van der Waals surface area contributed by atoms with Gasteiger partial charge in [0.15, 0.2) is 5.15 Å². The Bertz CT molecular complexity index is 702. The van der Waals surface area contributed by atoms with Gasteiger partial charge in [-0.3, -0.25) is 9.59 Å². The quantitative estimate of drug-likeness (QED) is 0.707. The summed E-state index contributed by atoms with van der Waals surface area (Å²) in [6.07, 6.45) is 3.05. The minimum Gasteiger partial charge on any atom is -0.469 e. The molecule has 2 rings (SSSR count). The predicted octanol–water partition coefficient (Wildman–Crippen LogP) is 2.99. The number of nitrogens with zero attached hydrogens (tertiary/aromatic N) is 2. The number of methoxy groups -OCH3 is 2. The fraction of sp³-hybridized carbons (Fsp3) is 0.429. The van der Waals surface area contributed by atoms with Crippen LogP contribution in [0.15, 0.2) is 6.33 Å². The highest BCUT2D eigenvalue weighted by Gasteiger charge is 2.09. The standard InChI is InChI=1S/C7H8Cl2N2O2.C7H9ClN2O2/c1-13-5(12)3-2-4-6(8)11-7(9)10-4;1-12-6(11)3-2-5-7(8)10-4-9-5/h2-3H2,1H3,(H,10,11);4H,2-3H2,1H3,(H,9,10).